The van der Waals surface area contributed by atoms with E-state index < -0.39 is 85.1 Å². The third-order valence-electron chi connectivity index (χ3n) is 8.93. The number of hydrogen-bond acceptors (Lipinski definition) is 14. The lowest BCUT2D eigenvalue weighted by molar-refractivity contribution is -0.314. The molecule has 0 radical (unpaired) electrons. The van der Waals surface area contributed by atoms with Gasteiger partial charge in [-0.3, -0.25) is 0 Å². The molecule has 17 atom stereocenters. The fourth-order valence-electron chi connectivity index (χ4n) is 6.63. The summed E-state index contributed by atoms with van der Waals surface area (Å²) in [5.41, 5.74) is 23.6. The van der Waals surface area contributed by atoms with Crippen molar-refractivity contribution < 1.29 is 44.5 Å². The van der Waals surface area contributed by atoms with Gasteiger partial charge in [0.2, 0.25) is 0 Å². The zero-order valence-corrected chi connectivity index (χ0v) is 22.2. The molecule has 0 aromatic heterocycles. The molecule has 4 rings (SSSR count). The average Bonchev–Trinajstić information content (AvgIpc) is 2.84. The van der Waals surface area contributed by atoms with Gasteiger partial charge >= 0.3 is 0 Å². The van der Waals surface area contributed by atoms with Crippen molar-refractivity contribution in [2.24, 2.45) is 34.8 Å². The third kappa shape index (κ3) is 5.76. The van der Waals surface area contributed by atoms with Crippen LogP contribution in [0.4, 0.5) is 0 Å². The highest BCUT2D eigenvalue weighted by molar-refractivity contribution is 5.03. The molecular formula is C24H47N5O9. The van der Waals surface area contributed by atoms with Crippen molar-refractivity contribution in [2.45, 2.75) is 124 Å². The standard InChI is InChI=1S/C24H47N5O9/c1-8(25)19-17(32)16(31)14(28)22(36-19)37-20-11(26)5-12(27)21(18(20)33)38-23-15(30)10-4-13(29-3)24(2,34)6-9(10)7-35-23/h8-23,29-34H,4-7,25-28H2,1-3H3. The summed E-state index contributed by atoms with van der Waals surface area (Å²) in [5.74, 6) is -0.238. The maximum Gasteiger partial charge on any atom is 0.184 e. The normalized spacial score (nSPS) is 54.8. The minimum Gasteiger partial charge on any atom is -0.389 e. The molecule has 0 spiro atoms. The molecule has 0 bridgehead atoms. The quantitative estimate of drug-likeness (QED) is 0.150. The molecule has 17 unspecified atom stereocenters. The van der Waals surface area contributed by atoms with E-state index in [9.17, 15) is 25.5 Å². The Morgan fingerprint density at radius 1 is 0.921 bits per heavy atom. The highest BCUT2D eigenvalue weighted by atomic mass is 16.7. The van der Waals surface area contributed by atoms with Crippen molar-refractivity contribution in [1.29, 1.82) is 0 Å². The second-order valence-electron chi connectivity index (χ2n) is 11.9. The highest BCUT2D eigenvalue weighted by Gasteiger charge is 2.53. The predicted octanol–water partition coefficient (Wildman–Crippen LogP) is -4.62. The van der Waals surface area contributed by atoms with Crippen molar-refractivity contribution in [2.75, 3.05) is 13.7 Å². The van der Waals surface area contributed by atoms with Gasteiger partial charge in [-0.1, -0.05) is 0 Å². The molecule has 38 heavy (non-hydrogen) atoms. The molecule has 2 heterocycles. The molecule has 0 amide bonds. The summed E-state index contributed by atoms with van der Waals surface area (Å²) in [6, 6.07) is -3.36. The van der Waals surface area contributed by atoms with Crippen LogP contribution < -0.4 is 28.3 Å². The molecule has 4 aliphatic rings. The Bertz CT molecular complexity index is 796. The summed E-state index contributed by atoms with van der Waals surface area (Å²) >= 11 is 0. The van der Waals surface area contributed by atoms with E-state index in [1.807, 2.05) is 0 Å². The fraction of sp³-hybridized carbons (Fsp3) is 1.00. The van der Waals surface area contributed by atoms with Gasteiger partial charge in [-0.25, -0.2) is 0 Å². The summed E-state index contributed by atoms with van der Waals surface area (Å²) < 4.78 is 23.7. The van der Waals surface area contributed by atoms with Crippen LogP contribution in [-0.4, -0.2) is 130 Å². The molecule has 2 aliphatic carbocycles. The monoisotopic (exact) mass is 549 g/mol. The number of likely N-dealkylation sites (N-methyl/N-ethyl adjacent to an activating group) is 1. The van der Waals surface area contributed by atoms with E-state index in [2.05, 4.69) is 5.32 Å². The first-order valence-corrected chi connectivity index (χ1v) is 13.5. The van der Waals surface area contributed by atoms with Crippen LogP contribution in [0.25, 0.3) is 0 Å². The predicted molar refractivity (Wildman–Crippen MR) is 134 cm³/mol. The molecule has 14 nitrogen and oxygen atoms in total. The van der Waals surface area contributed by atoms with Crippen LogP contribution in [0.2, 0.25) is 0 Å². The molecule has 4 fully saturated rings. The first-order valence-electron chi connectivity index (χ1n) is 13.5. The number of aliphatic hydroxyl groups excluding tert-OH is 4. The Balaban J connectivity index is 1.44. The molecule has 2 saturated carbocycles. The Labute approximate surface area is 222 Å². The third-order valence-corrected chi connectivity index (χ3v) is 8.93. The van der Waals surface area contributed by atoms with Crippen molar-refractivity contribution in [1.82, 2.24) is 5.32 Å². The lowest BCUT2D eigenvalue weighted by Gasteiger charge is -2.51. The van der Waals surface area contributed by atoms with Crippen LogP contribution in [0, 0.1) is 11.8 Å². The molecule has 14 heteroatoms. The molecule has 2 saturated heterocycles. The van der Waals surface area contributed by atoms with E-state index in [-0.39, 0.29) is 30.9 Å². The van der Waals surface area contributed by atoms with Gasteiger partial charge in [0, 0.05) is 24.2 Å². The van der Waals surface area contributed by atoms with E-state index in [0.29, 0.717) is 12.8 Å². The zero-order chi connectivity index (χ0) is 28.1. The maximum absolute atomic E-state index is 11.3. The minimum absolute atomic E-state index is 0.0523. The molecule has 0 aromatic carbocycles. The van der Waals surface area contributed by atoms with Crippen LogP contribution in [0.1, 0.15) is 33.1 Å². The maximum atomic E-state index is 11.3. The van der Waals surface area contributed by atoms with Crippen molar-refractivity contribution >= 4 is 0 Å². The Morgan fingerprint density at radius 2 is 1.53 bits per heavy atom. The first-order chi connectivity index (χ1) is 17.8. The van der Waals surface area contributed by atoms with E-state index in [1.165, 1.54) is 0 Å². The fourth-order valence-corrected chi connectivity index (χ4v) is 6.63. The second kappa shape index (κ2) is 11.7. The number of nitrogens with one attached hydrogen (secondary N) is 1. The van der Waals surface area contributed by atoms with Gasteiger partial charge in [0.15, 0.2) is 12.6 Å². The van der Waals surface area contributed by atoms with Crippen molar-refractivity contribution in [3.63, 3.8) is 0 Å². The van der Waals surface area contributed by atoms with E-state index in [0.717, 1.165) is 0 Å². The average molecular weight is 550 g/mol. The number of ether oxygens (including phenoxy) is 4. The van der Waals surface area contributed by atoms with Crippen molar-refractivity contribution in [3.05, 3.63) is 0 Å². The minimum atomic E-state index is -1.37. The van der Waals surface area contributed by atoms with Crippen LogP contribution in [-0.2, 0) is 18.9 Å². The van der Waals surface area contributed by atoms with Crippen LogP contribution in [0.3, 0.4) is 0 Å². The summed E-state index contributed by atoms with van der Waals surface area (Å²) in [6.07, 6.45) is -9.06. The van der Waals surface area contributed by atoms with Gasteiger partial charge in [0.1, 0.15) is 42.7 Å². The van der Waals surface area contributed by atoms with Crippen LogP contribution in [0.15, 0.2) is 0 Å². The van der Waals surface area contributed by atoms with Crippen LogP contribution in [0.5, 0.6) is 0 Å². The first kappa shape index (κ1) is 30.4. The smallest absolute Gasteiger partial charge is 0.184 e. The Hall–Kier alpha value is -0.560. The van der Waals surface area contributed by atoms with E-state index >= 15 is 0 Å². The number of rotatable bonds is 6. The Kier molecular flexibility index (Phi) is 9.39. The van der Waals surface area contributed by atoms with Gasteiger partial charge in [-0.2, -0.15) is 0 Å². The summed E-state index contributed by atoms with van der Waals surface area (Å²) in [7, 11) is 1.78. The molecule has 0 aromatic rings. The number of fused-ring (bicyclic) bond motifs is 1. The highest BCUT2D eigenvalue weighted by Crippen LogP contribution is 2.43. The van der Waals surface area contributed by atoms with Gasteiger partial charge in [0.05, 0.1) is 18.2 Å². The van der Waals surface area contributed by atoms with E-state index in [4.69, 9.17) is 41.9 Å². The van der Waals surface area contributed by atoms with Gasteiger partial charge in [0.25, 0.3) is 0 Å². The van der Waals surface area contributed by atoms with Gasteiger partial charge in [-0.15, -0.1) is 0 Å². The lowest BCUT2D eigenvalue weighted by atomic mass is 9.67. The molecule has 14 N–H and O–H groups in total. The Morgan fingerprint density at radius 3 is 2.11 bits per heavy atom. The second-order valence-corrected chi connectivity index (χ2v) is 11.9. The molecular weight excluding hydrogens is 502 g/mol. The summed E-state index contributed by atoms with van der Waals surface area (Å²) in [6.45, 7) is 3.67. The SMILES string of the molecule is CNC1CC2C(COC(OC3C(N)CC(N)C(OC4OC(C(C)N)C(O)C(O)C4N)C3O)C2O)CC1(C)O. The topological polar surface area (TPSA) is 254 Å². The van der Waals surface area contributed by atoms with Crippen LogP contribution >= 0.6 is 0 Å². The molecule has 2 aliphatic heterocycles. The zero-order valence-electron chi connectivity index (χ0n) is 22.2. The van der Waals surface area contributed by atoms with Crippen molar-refractivity contribution in [3.8, 4) is 0 Å². The number of nitrogens with two attached hydrogens (primary N) is 4. The van der Waals surface area contributed by atoms with E-state index in [1.54, 1.807) is 20.9 Å². The van der Waals surface area contributed by atoms with Gasteiger partial charge < -0.3 is 72.7 Å². The summed E-state index contributed by atoms with van der Waals surface area (Å²) in [4.78, 5) is 0. The van der Waals surface area contributed by atoms with Gasteiger partial charge in [-0.05, 0) is 52.0 Å². The summed E-state index contributed by atoms with van der Waals surface area (Å²) in [5, 5.41) is 57.0. The largest absolute Gasteiger partial charge is 0.389 e. The number of hydrogen-bond donors (Lipinski definition) is 10. The molecule has 222 valence electrons. The lowest BCUT2D eigenvalue weighted by Crippen LogP contribution is -2.69. The number of aliphatic hydroxyl groups is 5.